The molecule has 1 aromatic carbocycles. The first-order valence-electron chi connectivity index (χ1n) is 7.68. The lowest BCUT2D eigenvalue weighted by Crippen LogP contribution is -2.39. The molecule has 1 aliphatic heterocycles. The maximum absolute atomic E-state index is 12.9. The molecule has 0 bridgehead atoms. The Morgan fingerprint density at radius 1 is 1.33 bits per heavy atom. The predicted molar refractivity (Wildman–Crippen MR) is 90.2 cm³/mol. The average Bonchev–Trinajstić information content (AvgIpc) is 3.00. The first-order valence-corrected chi connectivity index (χ1v) is 8.06. The summed E-state index contributed by atoms with van der Waals surface area (Å²) in [4.78, 5) is 26.2. The fourth-order valence-corrected chi connectivity index (χ4v) is 3.40. The van der Waals surface area contributed by atoms with E-state index in [0.717, 1.165) is 11.3 Å². The Hall–Kier alpha value is -2.60. The first-order chi connectivity index (χ1) is 11.5. The second kappa shape index (κ2) is 5.49. The highest BCUT2D eigenvalue weighted by Gasteiger charge is 2.30. The van der Waals surface area contributed by atoms with Crippen LogP contribution in [-0.4, -0.2) is 37.4 Å². The van der Waals surface area contributed by atoms with E-state index in [1.807, 2.05) is 19.1 Å². The number of H-pyrrole nitrogens is 1. The number of fused-ring (bicyclic) bond motifs is 2. The van der Waals surface area contributed by atoms with Crippen molar-refractivity contribution in [3.8, 4) is 5.88 Å². The SMILES string of the molecule is CC1c2ccc(O)nc2CCN1C(=O)c1nc2cccc(Cl)c2[nH]1. The zero-order valence-electron chi connectivity index (χ0n) is 13.0. The van der Waals surface area contributed by atoms with Gasteiger partial charge in [-0.25, -0.2) is 9.97 Å². The minimum atomic E-state index is -0.173. The number of amides is 1. The summed E-state index contributed by atoms with van der Waals surface area (Å²) in [5, 5.41) is 10.1. The van der Waals surface area contributed by atoms with E-state index in [0.29, 0.717) is 29.0 Å². The number of para-hydroxylation sites is 1. The number of hydrogen-bond donors (Lipinski definition) is 2. The molecule has 0 spiro atoms. The predicted octanol–water partition coefficient (Wildman–Crippen LogP) is 3.08. The Balaban J connectivity index is 1.69. The van der Waals surface area contributed by atoms with E-state index >= 15 is 0 Å². The lowest BCUT2D eigenvalue weighted by molar-refractivity contribution is 0.0664. The first kappa shape index (κ1) is 15.0. The number of benzene rings is 1. The number of nitrogens with one attached hydrogen (secondary N) is 1. The molecular weight excluding hydrogens is 328 g/mol. The molecule has 122 valence electrons. The number of hydrogen-bond acceptors (Lipinski definition) is 4. The van der Waals surface area contributed by atoms with Gasteiger partial charge < -0.3 is 15.0 Å². The zero-order chi connectivity index (χ0) is 16.8. The van der Waals surface area contributed by atoms with Crippen LogP contribution in [0.25, 0.3) is 11.0 Å². The summed E-state index contributed by atoms with van der Waals surface area (Å²) in [6.45, 7) is 2.47. The number of aromatic nitrogens is 3. The number of carbonyl (C=O) groups is 1. The van der Waals surface area contributed by atoms with Crippen molar-refractivity contribution >= 4 is 28.5 Å². The minimum Gasteiger partial charge on any atom is -0.493 e. The van der Waals surface area contributed by atoms with E-state index in [9.17, 15) is 9.90 Å². The summed E-state index contributed by atoms with van der Waals surface area (Å²) in [6, 6.07) is 8.60. The fourth-order valence-electron chi connectivity index (χ4n) is 3.18. The maximum atomic E-state index is 12.9. The van der Waals surface area contributed by atoms with Gasteiger partial charge >= 0.3 is 0 Å². The van der Waals surface area contributed by atoms with Gasteiger partial charge in [0.1, 0.15) is 0 Å². The molecule has 0 aliphatic carbocycles. The van der Waals surface area contributed by atoms with Crippen molar-refractivity contribution in [1.82, 2.24) is 19.9 Å². The summed E-state index contributed by atoms with van der Waals surface area (Å²) in [6.07, 6.45) is 0.598. The smallest absolute Gasteiger partial charge is 0.290 e. The average molecular weight is 343 g/mol. The second-order valence-electron chi connectivity index (χ2n) is 5.85. The Kier molecular flexibility index (Phi) is 3.42. The highest BCUT2D eigenvalue weighted by Crippen LogP contribution is 2.31. The third kappa shape index (κ3) is 2.30. The van der Waals surface area contributed by atoms with Gasteiger partial charge in [0.15, 0.2) is 5.82 Å². The molecule has 4 rings (SSSR count). The van der Waals surface area contributed by atoms with E-state index in [-0.39, 0.29) is 23.7 Å². The van der Waals surface area contributed by atoms with Gasteiger partial charge in [-0.2, -0.15) is 0 Å². The van der Waals surface area contributed by atoms with Gasteiger partial charge in [-0.15, -0.1) is 0 Å². The van der Waals surface area contributed by atoms with Crippen molar-refractivity contribution in [2.45, 2.75) is 19.4 Å². The van der Waals surface area contributed by atoms with Crippen LogP contribution in [0.15, 0.2) is 30.3 Å². The summed E-state index contributed by atoms with van der Waals surface area (Å²) in [5.74, 6) is 0.112. The topological polar surface area (TPSA) is 82.1 Å². The minimum absolute atomic E-state index is 0.00709. The molecule has 2 N–H and O–H groups in total. The van der Waals surface area contributed by atoms with Crippen molar-refractivity contribution in [3.63, 3.8) is 0 Å². The Morgan fingerprint density at radius 3 is 2.96 bits per heavy atom. The third-order valence-corrected chi connectivity index (χ3v) is 4.75. The van der Waals surface area contributed by atoms with Crippen LogP contribution in [0.1, 0.15) is 34.8 Å². The van der Waals surface area contributed by atoms with Gasteiger partial charge in [-0.05, 0) is 30.7 Å². The lowest BCUT2D eigenvalue weighted by Gasteiger charge is -2.34. The number of aromatic amines is 1. The number of aromatic hydroxyl groups is 1. The van der Waals surface area contributed by atoms with E-state index in [1.165, 1.54) is 0 Å². The summed E-state index contributed by atoms with van der Waals surface area (Å²) in [7, 11) is 0. The van der Waals surface area contributed by atoms with Crippen molar-refractivity contribution in [1.29, 1.82) is 0 Å². The van der Waals surface area contributed by atoms with Crippen LogP contribution >= 0.6 is 11.6 Å². The van der Waals surface area contributed by atoms with Crippen LogP contribution in [0.4, 0.5) is 0 Å². The van der Waals surface area contributed by atoms with Gasteiger partial charge in [0.05, 0.1) is 27.8 Å². The molecule has 3 aromatic rings. The highest BCUT2D eigenvalue weighted by atomic mass is 35.5. The molecule has 0 radical (unpaired) electrons. The van der Waals surface area contributed by atoms with Crippen molar-refractivity contribution in [2.24, 2.45) is 0 Å². The molecule has 6 nitrogen and oxygen atoms in total. The van der Waals surface area contributed by atoms with Crippen LogP contribution in [-0.2, 0) is 6.42 Å². The summed E-state index contributed by atoms with van der Waals surface area (Å²) in [5.41, 5.74) is 3.11. The molecular formula is C17H15ClN4O2. The normalized spacial score (nSPS) is 17.1. The number of imidazole rings is 1. The number of rotatable bonds is 1. The highest BCUT2D eigenvalue weighted by molar-refractivity contribution is 6.35. The lowest BCUT2D eigenvalue weighted by atomic mass is 9.98. The maximum Gasteiger partial charge on any atom is 0.290 e. The Morgan fingerprint density at radius 2 is 2.17 bits per heavy atom. The zero-order valence-corrected chi connectivity index (χ0v) is 13.7. The molecule has 3 heterocycles. The fraction of sp³-hybridized carbons (Fsp3) is 0.235. The van der Waals surface area contributed by atoms with E-state index in [2.05, 4.69) is 15.0 Å². The molecule has 0 saturated heterocycles. The summed E-state index contributed by atoms with van der Waals surface area (Å²) < 4.78 is 0. The van der Waals surface area contributed by atoms with Gasteiger partial charge in [0, 0.05) is 19.0 Å². The number of pyridine rings is 1. The van der Waals surface area contributed by atoms with Gasteiger partial charge in [-0.1, -0.05) is 17.7 Å². The van der Waals surface area contributed by atoms with E-state index < -0.39 is 0 Å². The monoisotopic (exact) mass is 342 g/mol. The standard InChI is InChI=1S/C17H15ClN4O2/c1-9-10-5-6-14(23)19-12(10)7-8-22(9)17(24)16-20-13-4-2-3-11(18)15(13)21-16/h2-6,9H,7-8H2,1H3,(H,19,23)(H,20,21). The molecule has 24 heavy (non-hydrogen) atoms. The Labute approximate surface area is 143 Å². The molecule has 2 aromatic heterocycles. The van der Waals surface area contributed by atoms with Crippen LogP contribution < -0.4 is 0 Å². The van der Waals surface area contributed by atoms with Crippen molar-refractivity contribution in [3.05, 3.63) is 52.4 Å². The largest absolute Gasteiger partial charge is 0.493 e. The van der Waals surface area contributed by atoms with Crippen LogP contribution in [0.2, 0.25) is 5.02 Å². The van der Waals surface area contributed by atoms with Crippen molar-refractivity contribution in [2.75, 3.05) is 6.54 Å². The molecule has 0 fully saturated rings. The molecule has 0 saturated carbocycles. The molecule has 1 aliphatic rings. The van der Waals surface area contributed by atoms with E-state index in [1.54, 1.807) is 23.1 Å². The number of carbonyl (C=O) groups excluding carboxylic acids is 1. The van der Waals surface area contributed by atoms with Gasteiger partial charge in [0.2, 0.25) is 5.88 Å². The van der Waals surface area contributed by atoms with Crippen molar-refractivity contribution < 1.29 is 9.90 Å². The Bertz CT molecular complexity index is 953. The molecule has 7 heteroatoms. The number of halogens is 1. The van der Waals surface area contributed by atoms with Gasteiger partial charge in [0.25, 0.3) is 5.91 Å². The number of nitrogens with zero attached hydrogens (tertiary/aromatic N) is 3. The van der Waals surface area contributed by atoms with Gasteiger partial charge in [-0.3, -0.25) is 4.79 Å². The third-order valence-electron chi connectivity index (χ3n) is 4.43. The molecule has 1 unspecified atom stereocenters. The van der Waals surface area contributed by atoms with E-state index in [4.69, 9.17) is 11.6 Å². The van der Waals surface area contributed by atoms with Crippen LogP contribution in [0.3, 0.4) is 0 Å². The van der Waals surface area contributed by atoms with Crippen LogP contribution in [0.5, 0.6) is 5.88 Å². The second-order valence-corrected chi connectivity index (χ2v) is 6.26. The van der Waals surface area contributed by atoms with Crippen LogP contribution in [0, 0.1) is 0 Å². The summed E-state index contributed by atoms with van der Waals surface area (Å²) >= 11 is 6.14. The quantitative estimate of drug-likeness (QED) is 0.712. The molecule has 1 amide bonds. The molecule has 1 atom stereocenters.